The van der Waals surface area contributed by atoms with Gasteiger partial charge >= 0.3 is 5.97 Å². The third kappa shape index (κ3) is 3.51. The van der Waals surface area contributed by atoms with Gasteiger partial charge in [0.25, 0.3) is 0 Å². The van der Waals surface area contributed by atoms with Crippen molar-refractivity contribution in [2.75, 3.05) is 7.11 Å². The van der Waals surface area contributed by atoms with Crippen LogP contribution in [0.5, 0.6) is 11.6 Å². The van der Waals surface area contributed by atoms with E-state index in [2.05, 4.69) is 46.6 Å². The number of ether oxygens (including phenoxy) is 2. The van der Waals surface area contributed by atoms with Crippen LogP contribution in [0.4, 0.5) is 0 Å². The third-order valence-electron chi connectivity index (χ3n) is 2.12. The molecule has 1 heterocycles. The van der Waals surface area contributed by atoms with Crippen LogP contribution in [0.15, 0.2) is 39.5 Å². The summed E-state index contributed by atoms with van der Waals surface area (Å²) in [5.41, 5.74) is 0.0910. The number of nitrogens with zero attached hydrogens (tertiary/aromatic N) is 2. The second-order valence-corrected chi connectivity index (χ2v) is 5.18. The van der Waals surface area contributed by atoms with Crippen LogP contribution in [0, 0.1) is 0 Å². The second-order valence-electron chi connectivity index (χ2n) is 3.41. The molecule has 2 aromatic rings. The minimum Gasteiger partial charge on any atom is -0.464 e. The standard InChI is InChI=1S/C12H8Br2N2O3/c1-18-12(17)9-5-15-6-11(16-9)19-10-3-2-7(13)4-8(10)14/h2-6H,1H3. The Labute approximate surface area is 126 Å². The molecule has 98 valence electrons. The van der Waals surface area contributed by atoms with Gasteiger partial charge in [-0.1, -0.05) is 15.9 Å². The van der Waals surface area contributed by atoms with Crippen LogP contribution in [0.1, 0.15) is 10.5 Å². The first kappa shape index (κ1) is 14.0. The molecule has 1 aromatic carbocycles. The van der Waals surface area contributed by atoms with Gasteiger partial charge in [0.15, 0.2) is 5.69 Å². The summed E-state index contributed by atoms with van der Waals surface area (Å²) in [5.74, 6) is 0.221. The molecule has 0 amide bonds. The Morgan fingerprint density at radius 2 is 2.05 bits per heavy atom. The largest absolute Gasteiger partial charge is 0.464 e. The maximum absolute atomic E-state index is 11.3. The molecule has 0 aliphatic rings. The molecular weight excluding hydrogens is 380 g/mol. The number of halogens is 2. The summed E-state index contributed by atoms with van der Waals surface area (Å²) in [6.45, 7) is 0. The fourth-order valence-corrected chi connectivity index (χ4v) is 2.40. The SMILES string of the molecule is COC(=O)c1cncc(Oc2ccc(Br)cc2Br)n1. The van der Waals surface area contributed by atoms with Crippen molar-refractivity contribution in [3.8, 4) is 11.6 Å². The number of carbonyl (C=O) groups excluding carboxylic acids is 1. The molecule has 0 atom stereocenters. The first-order valence-corrected chi connectivity index (χ1v) is 6.72. The summed E-state index contributed by atoms with van der Waals surface area (Å²) in [6, 6.07) is 5.44. The number of esters is 1. The molecule has 0 spiro atoms. The highest BCUT2D eigenvalue weighted by molar-refractivity contribution is 9.11. The second kappa shape index (κ2) is 6.12. The molecule has 0 N–H and O–H groups in total. The van der Waals surface area contributed by atoms with Crippen molar-refractivity contribution in [2.24, 2.45) is 0 Å². The van der Waals surface area contributed by atoms with Gasteiger partial charge in [-0.2, -0.15) is 0 Å². The van der Waals surface area contributed by atoms with Gasteiger partial charge in [-0.3, -0.25) is 4.98 Å². The van der Waals surface area contributed by atoms with Gasteiger partial charge in [0.2, 0.25) is 5.88 Å². The summed E-state index contributed by atoms with van der Waals surface area (Å²) in [5, 5.41) is 0. The van der Waals surface area contributed by atoms with Crippen molar-refractivity contribution >= 4 is 37.8 Å². The van der Waals surface area contributed by atoms with Gasteiger partial charge in [0.05, 0.1) is 24.0 Å². The highest BCUT2D eigenvalue weighted by Gasteiger charge is 2.10. The lowest BCUT2D eigenvalue weighted by Gasteiger charge is -2.07. The van der Waals surface area contributed by atoms with Crippen LogP contribution < -0.4 is 4.74 Å². The number of hydrogen-bond donors (Lipinski definition) is 0. The van der Waals surface area contributed by atoms with Gasteiger partial charge in [-0.15, -0.1) is 0 Å². The predicted molar refractivity (Wildman–Crippen MR) is 75.3 cm³/mol. The van der Waals surface area contributed by atoms with E-state index in [0.29, 0.717) is 5.75 Å². The maximum atomic E-state index is 11.3. The Bertz CT molecular complexity index is 620. The van der Waals surface area contributed by atoms with Crippen molar-refractivity contribution < 1.29 is 14.3 Å². The minimum absolute atomic E-state index is 0.0910. The molecule has 0 fully saturated rings. The maximum Gasteiger partial charge on any atom is 0.358 e. The smallest absolute Gasteiger partial charge is 0.358 e. The summed E-state index contributed by atoms with van der Waals surface area (Å²) >= 11 is 6.72. The Balaban J connectivity index is 2.26. The molecule has 19 heavy (non-hydrogen) atoms. The lowest BCUT2D eigenvalue weighted by atomic mass is 10.3. The van der Waals surface area contributed by atoms with Crippen LogP contribution in [0.25, 0.3) is 0 Å². The zero-order valence-corrected chi connectivity index (χ0v) is 12.9. The fourth-order valence-electron chi connectivity index (χ4n) is 1.27. The zero-order valence-electron chi connectivity index (χ0n) is 9.76. The Morgan fingerprint density at radius 1 is 1.26 bits per heavy atom. The highest BCUT2D eigenvalue weighted by Crippen LogP contribution is 2.31. The fraction of sp³-hybridized carbons (Fsp3) is 0.0833. The van der Waals surface area contributed by atoms with Crippen molar-refractivity contribution in [2.45, 2.75) is 0 Å². The average molecular weight is 388 g/mol. The van der Waals surface area contributed by atoms with Crippen LogP contribution in [0.3, 0.4) is 0 Å². The molecule has 5 nitrogen and oxygen atoms in total. The van der Waals surface area contributed by atoms with Crippen LogP contribution >= 0.6 is 31.9 Å². The van der Waals surface area contributed by atoms with Gasteiger partial charge in [-0.05, 0) is 34.1 Å². The van der Waals surface area contributed by atoms with Crippen molar-refractivity contribution in [1.82, 2.24) is 9.97 Å². The Morgan fingerprint density at radius 3 is 2.74 bits per heavy atom. The van der Waals surface area contributed by atoms with E-state index in [1.807, 2.05) is 12.1 Å². The van der Waals surface area contributed by atoms with Crippen LogP contribution in [-0.4, -0.2) is 23.0 Å². The lowest BCUT2D eigenvalue weighted by molar-refractivity contribution is 0.0592. The molecule has 2 rings (SSSR count). The highest BCUT2D eigenvalue weighted by atomic mass is 79.9. The summed E-state index contributed by atoms with van der Waals surface area (Å²) in [4.78, 5) is 19.2. The van der Waals surface area contributed by atoms with E-state index < -0.39 is 5.97 Å². The van der Waals surface area contributed by atoms with E-state index in [1.165, 1.54) is 19.5 Å². The van der Waals surface area contributed by atoms with E-state index in [9.17, 15) is 4.79 Å². The number of benzene rings is 1. The van der Waals surface area contributed by atoms with Gasteiger partial charge < -0.3 is 9.47 Å². The predicted octanol–water partition coefficient (Wildman–Crippen LogP) is 3.58. The minimum atomic E-state index is -0.562. The van der Waals surface area contributed by atoms with Crippen LogP contribution in [0.2, 0.25) is 0 Å². The number of carbonyl (C=O) groups is 1. The van der Waals surface area contributed by atoms with Gasteiger partial charge in [-0.25, -0.2) is 9.78 Å². The van der Waals surface area contributed by atoms with Crippen molar-refractivity contribution in [1.29, 1.82) is 0 Å². The van der Waals surface area contributed by atoms with Gasteiger partial charge in [0, 0.05) is 4.47 Å². The van der Waals surface area contributed by atoms with Crippen molar-refractivity contribution in [3.63, 3.8) is 0 Å². The number of aromatic nitrogens is 2. The van der Waals surface area contributed by atoms with E-state index in [0.717, 1.165) is 8.95 Å². The number of rotatable bonds is 3. The van der Waals surface area contributed by atoms with Gasteiger partial charge in [0.1, 0.15) is 5.75 Å². The molecule has 0 saturated carbocycles. The zero-order chi connectivity index (χ0) is 13.8. The number of hydrogen-bond acceptors (Lipinski definition) is 5. The summed E-state index contributed by atoms with van der Waals surface area (Å²) in [7, 11) is 1.28. The number of methoxy groups -OCH3 is 1. The first-order chi connectivity index (χ1) is 9.10. The Hall–Kier alpha value is -1.47. The summed E-state index contributed by atoms with van der Waals surface area (Å²) in [6.07, 6.45) is 2.73. The molecule has 1 aromatic heterocycles. The lowest BCUT2D eigenvalue weighted by Crippen LogP contribution is -2.05. The van der Waals surface area contributed by atoms with E-state index in [4.69, 9.17) is 4.74 Å². The Kier molecular flexibility index (Phi) is 4.49. The molecule has 0 saturated heterocycles. The average Bonchev–Trinajstić information content (AvgIpc) is 2.41. The van der Waals surface area contributed by atoms with Crippen LogP contribution in [-0.2, 0) is 4.74 Å². The van der Waals surface area contributed by atoms with E-state index in [1.54, 1.807) is 6.07 Å². The topological polar surface area (TPSA) is 61.3 Å². The monoisotopic (exact) mass is 386 g/mol. The molecule has 0 aliphatic heterocycles. The molecule has 7 heteroatoms. The molecule has 0 radical (unpaired) electrons. The molecular formula is C12H8Br2N2O3. The van der Waals surface area contributed by atoms with E-state index in [-0.39, 0.29) is 11.6 Å². The first-order valence-electron chi connectivity index (χ1n) is 5.13. The van der Waals surface area contributed by atoms with E-state index >= 15 is 0 Å². The molecule has 0 bridgehead atoms. The molecule has 0 aliphatic carbocycles. The third-order valence-corrected chi connectivity index (χ3v) is 3.23. The molecule has 0 unspecified atom stereocenters. The quantitative estimate of drug-likeness (QED) is 0.753. The normalized spacial score (nSPS) is 10.1. The summed E-state index contributed by atoms with van der Waals surface area (Å²) < 4.78 is 11.8. The van der Waals surface area contributed by atoms with Crippen molar-refractivity contribution in [3.05, 3.63) is 45.2 Å².